The van der Waals surface area contributed by atoms with E-state index >= 15 is 0 Å². The standard InChI is InChI=1S/C13H14N4O4/c1-4-20-13(19)11-7-10(21-9(3)18)5-6-12(11)17-8(2)14-15-16-17/h5-7H,4H2,1-3H3. The van der Waals surface area contributed by atoms with Crippen molar-refractivity contribution < 1.29 is 19.1 Å². The molecule has 110 valence electrons. The van der Waals surface area contributed by atoms with Crippen LogP contribution in [0, 0.1) is 6.92 Å². The molecular formula is C13H14N4O4. The van der Waals surface area contributed by atoms with Crippen LogP contribution in [0.15, 0.2) is 18.2 Å². The van der Waals surface area contributed by atoms with Gasteiger partial charge in [0, 0.05) is 6.92 Å². The summed E-state index contributed by atoms with van der Waals surface area (Å²) in [6.07, 6.45) is 0. The van der Waals surface area contributed by atoms with Gasteiger partial charge in [-0.05, 0) is 42.5 Å². The average Bonchev–Trinajstić information content (AvgIpc) is 2.84. The molecule has 0 radical (unpaired) electrons. The fourth-order valence-electron chi connectivity index (χ4n) is 1.76. The first-order valence-corrected chi connectivity index (χ1v) is 6.28. The quantitative estimate of drug-likeness (QED) is 0.613. The molecule has 0 fully saturated rings. The monoisotopic (exact) mass is 290 g/mol. The van der Waals surface area contributed by atoms with Crippen molar-refractivity contribution in [2.75, 3.05) is 6.61 Å². The number of carbonyl (C=O) groups is 2. The molecule has 0 amide bonds. The minimum Gasteiger partial charge on any atom is -0.462 e. The Morgan fingerprint density at radius 1 is 1.33 bits per heavy atom. The van der Waals surface area contributed by atoms with E-state index in [4.69, 9.17) is 9.47 Å². The molecule has 0 aliphatic heterocycles. The topological polar surface area (TPSA) is 96.2 Å². The first-order chi connectivity index (χ1) is 10.0. The summed E-state index contributed by atoms with van der Waals surface area (Å²) >= 11 is 0. The van der Waals surface area contributed by atoms with E-state index in [-0.39, 0.29) is 17.9 Å². The second-order valence-electron chi connectivity index (χ2n) is 4.13. The summed E-state index contributed by atoms with van der Waals surface area (Å²) in [6.45, 7) is 4.92. The molecule has 0 N–H and O–H groups in total. The molecule has 1 heterocycles. The Morgan fingerprint density at radius 3 is 2.67 bits per heavy atom. The van der Waals surface area contributed by atoms with Crippen molar-refractivity contribution in [1.29, 1.82) is 0 Å². The third kappa shape index (κ3) is 3.22. The van der Waals surface area contributed by atoms with Crippen LogP contribution in [0.1, 0.15) is 30.0 Å². The van der Waals surface area contributed by atoms with Gasteiger partial charge in [-0.25, -0.2) is 4.79 Å². The molecule has 0 aliphatic carbocycles. The van der Waals surface area contributed by atoms with Crippen molar-refractivity contribution in [3.05, 3.63) is 29.6 Å². The Kier molecular flexibility index (Phi) is 4.27. The van der Waals surface area contributed by atoms with Crippen LogP contribution in [-0.4, -0.2) is 38.8 Å². The molecule has 0 aliphatic rings. The van der Waals surface area contributed by atoms with Gasteiger partial charge in [0.05, 0.1) is 17.9 Å². The van der Waals surface area contributed by atoms with Crippen molar-refractivity contribution in [3.8, 4) is 11.4 Å². The van der Waals surface area contributed by atoms with Gasteiger partial charge in [0.1, 0.15) is 5.75 Å². The third-order valence-corrected chi connectivity index (χ3v) is 2.58. The van der Waals surface area contributed by atoms with Crippen molar-refractivity contribution in [2.24, 2.45) is 0 Å². The number of rotatable bonds is 4. The number of hydrogen-bond acceptors (Lipinski definition) is 7. The number of tetrazole rings is 1. The number of ether oxygens (including phenoxy) is 2. The van der Waals surface area contributed by atoms with E-state index < -0.39 is 11.9 Å². The van der Waals surface area contributed by atoms with Gasteiger partial charge in [0.15, 0.2) is 5.82 Å². The molecule has 0 spiro atoms. The van der Waals surface area contributed by atoms with E-state index in [2.05, 4.69) is 15.5 Å². The van der Waals surface area contributed by atoms with Gasteiger partial charge in [-0.3, -0.25) is 4.79 Å². The summed E-state index contributed by atoms with van der Waals surface area (Å²) in [5.41, 5.74) is 0.665. The predicted octanol–water partition coefficient (Wildman–Crippen LogP) is 1.07. The molecule has 1 aromatic heterocycles. The number of benzene rings is 1. The van der Waals surface area contributed by atoms with E-state index in [0.29, 0.717) is 11.5 Å². The lowest BCUT2D eigenvalue weighted by atomic mass is 10.1. The number of aromatic nitrogens is 4. The molecular weight excluding hydrogens is 276 g/mol. The van der Waals surface area contributed by atoms with Crippen LogP contribution >= 0.6 is 0 Å². The summed E-state index contributed by atoms with van der Waals surface area (Å²) in [5, 5.41) is 11.1. The normalized spacial score (nSPS) is 10.2. The van der Waals surface area contributed by atoms with Gasteiger partial charge in [0.25, 0.3) is 0 Å². The van der Waals surface area contributed by atoms with E-state index in [0.717, 1.165) is 0 Å². The Bertz CT molecular complexity index is 681. The first-order valence-electron chi connectivity index (χ1n) is 6.28. The maximum absolute atomic E-state index is 12.1. The Labute approximate surface area is 120 Å². The van der Waals surface area contributed by atoms with Crippen LogP contribution in [0.25, 0.3) is 5.69 Å². The van der Waals surface area contributed by atoms with Gasteiger partial charge >= 0.3 is 11.9 Å². The molecule has 0 bridgehead atoms. The molecule has 0 atom stereocenters. The summed E-state index contributed by atoms with van der Waals surface area (Å²) in [7, 11) is 0. The zero-order chi connectivity index (χ0) is 15.4. The Hall–Kier alpha value is -2.77. The predicted molar refractivity (Wildman–Crippen MR) is 71.2 cm³/mol. The second-order valence-corrected chi connectivity index (χ2v) is 4.13. The lowest BCUT2D eigenvalue weighted by Gasteiger charge is -2.11. The molecule has 0 saturated heterocycles. The largest absolute Gasteiger partial charge is 0.462 e. The van der Waals surface area contributed by atoms with Gasteiger partial charge in [-0.2, -0.15) is 4.68 Å². The molecule has 0 unspecified atom stereocenters. The van der Waals surface area contributed by atoms with Crippen molar-refractivity contribution in [2.45, 2.75) is 20.8 Å². The zero-order valence-corrected chi connectivity index (χ0v) is 11.9. The minimum absolute atomic E-state index is 0.214. The summed E-state index contributed by atoms with van der Waals surface area (Å²) in [6, 6.07) is 4.57. The summed E-state index contributed by atoms with van der Waals surface area (Å²) < 4.78 is 11.4. The minimum atomic E-state index is -0.545. The number of nitrogens with zero attached hydrogens (tertiary/aromatic N) is 4. The molecule has 1 aromatic carbocycles. The van der Waals surface area contributed by atoms with Crippen LogP contribution in [0.2, 0.25) is 0 Å². The Balaban J connectivity index is 2.51. The number of hydrogen-bond donors (Lipinski definition) is 0. The number of aryl methyl sites for hydroxylation is 1. The van der Waals surface area contributed by atoms with Crippen molar-refractivity contribution in [1.82, 2.24) is 20.2 Å². The van der Waals surface area contributed by atoms with Crippen LogP contribution in [0.5, 0.6) is 5.75 Å². The van der Waals surface area contributed by atoms with Gasteiger partial charge < -0.3 is 9.47 Å². The zero-order valence-electron chi connectivity index (χ0n) is 11.9. The lowest BCUT2D eigenvalue weighted by Crippen LogP contribution is -2.12. The van der Waals surface area contributed by atoms with E-state index in [1.54, 1.807) is 26.0 Å². The molecule has 8 nitrogen and oxygen atoms in total. The fourth-order valence-corrected chi connectivity index (χ4v) is 1.76. The highest BCUT2D eigenvalue weighted by Crippen LogP contribution is 2.22. The van der Waals surface area contributed by atoms with Gasteiger partial charge in [0.2, 0.25) is 0 Å². The SMILES string of the molecule is CCOC(=O)c1cc(OC(C)=O)ccc1-n1nnnc1C. The van der Waals surface area contributed by atoms with Crippen LogP contribution in [0.3, 0.4) is 0 Å². The highest BCUT2D eigenvalue weighted by atomic mass is 16.5. The average molecular weight is 290 g/mol. The maximum Gasteiger partial charge on any atom is 0.340 e. The Morgan fingerprint density at radius 2 is 2.10 bits per heavy atom. The summed E-state index contributed by atoms with van der Waals surface area (Å²) in [4.78, 5) is 23.1. The van der Waals surface area contributed by atoms with Crippen LogP contribution < -0.4 is 4.74 Å². The highest BCUT2D eigenvalue weighted by molar-refractivity contribution is 5.94. The van der Waals surface area contributed by atoms with Gasteiger partial charge in [-0.15, -0.1) is 5.10 Å². The molecule has 2 aromatic rings. The summed E-state index contributed by atoms with van der Waals surface area (Å²) in [5.74, 6) is -0.256. The van der Waals surface area contributed by atoms with E-state index in [9.17, 15) is 9.59 Å². The van der Waals surface area contributed by atoms with Crippen LogP contribution in [-0.2, 0) is 9.53 Å². The molecule has 2 rings (SSSR count). The number of esters is 2. The number of carbonyl (C=O) groups excluding carboxylic acids is 2. The smallest absolute Gasteiger partial charge is 0.340 e. The highest BCUT2D eigenvalue weighted by Gasteiger charge is 2.18. The van der Waals surface area contributed by atoms with Crippen LogP contribution in [0.4, 0.5) is 0 Å². The lowest BCUT2D eigenvalue weighted by molar-refractivity contribution is -0.131. The fraction of sp³-hybridized carbons (Fsp3) is 0.308. The van der Waals surface area contributed by atoms with Gasteiger partial charge in [-0.1, -0.05) is 0 Å². The second kappa shape index (κ2) is 6.12. The molecule has 0 saturated carbocycles. The van der Waals surface area contributed by atoms with E-state index in [1.165, 1.54) is 17.7 Å². The van der Waals surface area contributed by atoms with Crippen molar-refractivity contribution in [3.63, 3.8) is 0 Å². The maximum atomic E-state index is 12.1. The third-order valence-electron chi connectivity index (χ3n) is 2.58. The first kappa shape index (κ1) is 14.6. The molecule has 21 heavy (non-hydrogen) atoms. The molecule has 8 heteroatoms. The van der Waals surface area contributed by atoms with E-state index in [1.807, 2.05) is 0 Å². The van der Waals surface area contributed by atoms with Crippen molar-refractivity contribution >= 4 is 11.9 Å².